The number of aliphatic hydroxyl groups is 1. The topological polar surface area (TPSA) is 76.7 Å². The van der Waals surface area contributed by atoms with E-state index in [0.29, 0.717) is 16.7 Å². The van der Waals surface area contributed by atoms with E-state index in [0.717, 1.165) is 15.5 Å². The van der Waals surface area contributed by atoms with E-state index in [-0.39, 0.29) is 25.3 Å². The van der Waals surface area contributed by atoms with Gasteiger partial charge in [0, 0.05) is 12.1 Å². The lowest BCUT2D eigenvalue weighted by molar-refractivity contribution is -0.145. The maximum Gasteiger partial charge on any atom is 0.452 e. The van der Waals surface area contributed by atoms with Crippen LogP contribution < -0.4 is 0 Å². The molecule has 160 valence electrons. The molecule has 0 amide bonds. The summed E-state index contributed by atoms with van der Waals surface area (Å²) in [4.78, 5) is 12.3. The fraction of sp³-hybridized carbons (Fsp3) is 0.381. The van der Waals surface area contributed by atoms with Gasteiger partial charge < -0.3 is 9.84 Å². The third kappa shape index (κ3) is 4.16. The second kappa shape index (κ2) is 8.43. The average Bonchev–Trinajstić information content (AvgIpc) is 3.13. The van der Waals surface area contributed by atoms with Crippen LogP contribution in [0.2, 0.25) is 0 Å². The molecular weight excluding hydrogens is 399 g/mol. The summed E-state index contributed by atoms with van der Waals surface area (Å²) in [6, 6.07) is 7.02. The number of aliphatic hydroxyl groups excluding tert-OH is 1. The van der Waals surface area contributed by atoms with Crippen molar-refractivity contribution in [1.82, 2.24) is 14.6 Å². The fourth-order valence-corrected chi connectivity index (χ4v) is 3.54. The predicted molar refractivity (Wildman–Crippen MR) is 103 cm³/mol. The number of carbonyl (C=O) groups excluding carboxylic acids is 1. The summed E-state index contributed by atoms with van der Waals surface area (Å²) in [5, 5.41) is 16.6. The molecule has 6 nitrogen and oxygen atoms in total. The Labute approximate surface area is 171 Å². The van der Waals surface area contributed by atoms with Crippen molar-refractivity contribution in [3.05, 3.63) is 64.1 Å². The highest BCUT2D eigenvalue weighted by atomic mass is 19.4. The lowest BCUT2D eigenvalue weighted by Gasteiger charge is -2.21. The van der Waals surface area contributed by atoms with Gasteiger partial charge in [-0.3, -0.25) is 9.20 Å². The molecule has 0 fully saturated rings. The van der Waals surface area contributed by atoms with E-state index in [1.807, 2.05) is 19.1 Å². The molecule has 1 aromatic carbocycles. The van der Waals surface area contributed by atoms with E-state index in [2.05, 4.69) is 10.2 Å². The molecule has 0 aliphatic heterocycles. The molecule has 3 rings (SSSR count). The van der Waals surface area contributed by atoms with Crippen LogP contribution in [-0.2, 0) is 22.3 Å². The summed E-state index contributed by atoms with van der Waals surface area (Å²) in [5.41, 5.74) is 3.56. The highest BCUT2D eigenvalue weighted by Gasteiger charge is 2.37. The first kappa shape index (κ1) is 21.8. The monoisotopic (exact) mass is 421 g/mol. The molecule has 9 heteroatoms. The Morgan fingerprint density at radius 1 is 1.23 bits per heavy atom. The third-order valence-electron chi connectivity index (χ3n) is 5.12. The van der Waals surface area contributed by atoms with E-state index in [9.17, 15) is 23.1 Å². The van der Waals surface area contributed by atoms with Crippen LogP contribution in [0.1, 0.15) is 52.9 Å². The Kier molecular flexibility index (Phi) is 6.12. The van der Waals surface area contributed by atoms with Gasteiger partial charge in [-0.05, 0) is 54.7 Å². The number of nitrogens with zero attached hydrogens (tertiary/aromatic N) is 3. The molecule has 1 N–H and O–H groups in total. The molecule has 0 saturated carbocycles. The van der Waals surface area contributed by atoms with Crippen LogP contribution >= 0.6 is 0 Å². The maximum atomic E-state index is 13.2. The molecule has 1 atom stereocenters. The summed E-state index contributed by atoms with van der Waals surface area (Å²) in [6.45, 7) is 5.27. The number of pyridine rings is 1. The van der Waals surface area contributed by atoms with Gasteiger partial charge in [-0.25, -0.2) is 0 Å². The van der Waals surface area contributed by atoms with E-state index >= 15 is 0 Å². The van der Waals surface area contributed by atoms with Gasteiger partial charge in [-0.1, -0.05) is 18.2 Å². The normalized spacial score (nSPS) is 12.9. The van der Waals surface area contributed by atoms with Crippen LogP contribution in [-0.4, -0.2) is 32.3 Å². The smallest absolute Gasteiger partial charge is 0.452 e. The number of rotatable bonds is 6. The van der Waals surface area contributed by atoms with Crippen LogP contribution in [0, 0.1) is 13.8 Å². The van der Waals surface area contributed by atoms with Gasteiger partial charge in [-0.15, -0.1) is 10.2 Å². The van der Waals surface area contributed by atoms with E-state index in [1.165, 1.54) is 6.20 Å². The number of hydrogen-bond acceptors (Lipinski definition) is 5. The minimum atomic E-state index is -4.63. The van der Waals surface area contributed by atoms with Crippen LogP contribution in [0.5, 0.6) is 0 Å². The molecule has 0 saturated heterocycles. The van der Waals surface area contributed by atoms with Crippen molar-refractivity contribution in [3.8, 4) is 0 Å². The number of halogens is 3. The van der Waals surface area contributed by atoms with Gasteiger partial charge in [0.2, 0.25) is 5.82 Å². The van der Waals surface area contributed by atoms with E-state index in [4.69, 9.17) is 4.74 Å². The lowest BCUT2D eigenvalue weighted by Crippen LogP contribution is -2.15. The van der Waals surface area contributed by atoms with Gasteiger partial charge in [0.15, 0.2) is 5.65 Å². The Morgan fingerprint density at radius 3 is 2.60 bits per heavy atom. The third-order valence-corrected chi connectivity index (χ3v) is 5.12. The zero-order valence-electron chi connectivity index (χ0n) is 16.8. The number of ether oxygens (including phenoxy) is 1. The summed E-state index contributed by atoms with van der Waals surface area (Å²) < 4.78 is 45.5. The predicted octanol–water partition coefficient (Wildman–Crippen LogP) is 3.94. The second-order valence-electron chi connectivity index (χ2n) is 7.02. The van der Waals surface area contributed by atoms with E-state index in [1.54, 1.807) is 26.0 Å². The Morgan fingerprint density at radius 2 is 1.97 bits per heavy atom. The first-order chi connectivity index (χ1) is 14.2. The molecular formula is C21H22F3N3O3. The number of alkyl halides is 3. The molecule has 0 unspecified atom stereocenters. The van der Waals surface area contributed by atoms with Crippen molar-refractivity contribution in [1.29, 1.82) is 0 Å². The van der Waals surface area contributed by atoms with Crippen LogP contribution in [0.4, 0.5) is 13.2 Å². The van der Waals surface area contributed by atoms with Crippen LogP contribution in [0.25, 0.3) is 5.65 Å². The lowest BCUT2D eigenvalue weighted by atomic mass is 9.85. The summed E-state index contributed by atoms with van der Waals surface area (Å²) in [5.74, 6) is -2.01. The number of esters is 1. The number of fused-ring (bicyclic) bond motifs is 1. The van der Waals surface area contributed by atoms with Gasteiger partial charge in [0.05, 0.1) is 19.6 Å². The number of hydrogen-bond donors (Lipinski definition) is 1. The van der Waals surface area contributed by atoms with Gasteiger partial charge in [0.1, 0.15) is 0 Å². The minimum absolute atomic E-state index is 0.000944. The van der Waals surface area contributed by atoms with Crippen molar-refractivity contribution >= 4 is 11.6 Å². The van der Waals surface area contributed by atoms with Crippen molar-refractivity contribution in [2.75, 3.05) is 6.61 Å². The van der Waals surface area contributed by atoms with Crippen molar-refractivity contribution in [3.63, 3.8) is 0 Å². The zero-order valence-corrected chi connectivity index (χ0v) is 16.8. The van der Waals surface area contributed by atoms with Crippen LogP contribution in [0.3, 0.4) is 0 Å². The SMILES string of the molecule is CCOC(=O)C[C@@H](c1ccc(C)c(CO)c1)c1ccn2c(C(F)(F)F)nnc2c1C. The van der Waals surface area contributed by atoms with E-state index < -0.39 is 23.9 Å². The van der Waals surface area contributed by atoms with Crippen molar-refractivity contribution in [2.45, 2.75) is 45.9 Å². The molecule has 0 aliphatic carbocycles. The molecule has 3 aromatic rings. The average molecular weight is 421 g/mol. The number of carbonyl (C=O) groups is 1. The summed E-state index contributed by atoms with van der Waals surface area (Å²) in [7, 11) is 0. The standard InChI is InChI=1S/C21H22F3N3O3/c1-4-30-18(29)10-17(14-6-5-12(2)15(9-14)11-28)16-7-8-27-19(13(16)3)25-26-20(27)21(22,23)24/h5-9,17,28H,4,10-11H2,1-3H3/t17-/m0/s1. The molecule has 0 spiro atoms. The molecule has 0 aliphatic rings. The molecule has 0 radical (unpaired) electrons. The Balaban J connectivity index is 2.15. The molecule has 30 heavy (non-hydrogen) atoms. The van der Waals surface area contributed by atoms with Gasteiger partial charge in [-0.2, -0.15) is 13.2 Å². The largest absolute Gasteiger partial charge is 0.466 e. The minimum Gasteiger partial charge on any atom is -0.466 e. The fourth-order valence-electron chi connectivity index (χ4n) is 3.54. The molecule has 2 aromatic heterocycles. The first-order valence-electron chi connectivity index (χ1n) is 9.44. The summed E-state index contributed by atoms with van der Waals surface area (Å²) in [6.07, 6.45) is -3.37. The molecule has 0 bridgehead atoms. The first-order valence-corrected chi connectivity index (χ1v) is 9.44. The number of aryl methyl sites for hydroxylation is 2. The highest BCUT2D eigenvalue weighted by Crippen LogP contribution is 2.35. The second-order valence-corrected chi connectivity index (χ2v) is 7.02. The van der Waals surface area contributed by atoms with Gasteiger partial charge in [0.25, 0.3) is 0 Å². The Hall–Kier alpha value is -2.94. The Bertz CT molecular complexity index is 1080. The van der Waals surface area contributed by atoms with Gasteiger partial charge >= 0.3 is 12.1 Å². The van der Waals surface area contributed by atoms with Crippen molar-refractivity contribution in [2.24, 2.45) is 0 Å². The highest BCUT2D eigenvalue weighted by molar-refractivity contribution is 5.72. The quantitative estimate of drug-likeness (QED) is 0.610. The maximum absolute atomic E-state index is 13.2. The number of benzene rings is 1. The van der Waals surface area contributed by atoms with Crippen molar-refractivity contribution < 1.29 is 27.8 Å². The number of aromatic nitrogens is 3. The summed E-state index contributed by atoms with van der Waals surface area (Å²) >= 11 is 0. The van der Waals surface area contributed by atoms with Crippen LogP contribution in [0.15, 0.2) is 30.5 Å². The molecule has 2 heterocycles. The zero-order chi connectivity index (χ0) is 22.1.